The fourth-order valence-corrected chi connectivity index (χ4v) is 5.64. The summed E-state index contributed by atoms with van der Waals surface area (Å²) in [6.07, 6.45) is 1.48. The van der Waals surface area contributed by atoms with Gasteiger partial charge in [0.1, 0.15) is 5.75 Å². The highest BCUT2D eigenvalue weighted by atomic mass is 32.2. The second-order valence-electron chi connectivity index (χ2n) is 7.61. The van der Waals surface area contributed by atoms with Crippen molar-refractivity contribution in [2.24, 2.45) is 0 Å². The highest BCUT2D eigenvalue weighted by molar-refractivity contribution is 7.89. The molecule has 0 spiro atoms. The average molecular weight is 444 g/mol. The summed E-state index contributed by atoms with van der Waals surface area (Å²) in [5.41, 5.74) is 1.75. The minimum Gasteiger partial charge on any atom is -0.497 e. The standard InChI is InChI=1S/C23H29N3O4S/c1-29-14-13-26(31(27,28)23-8-4-7-22(16-23)30-2)21-9-11-25(12-10-21)18-20-6-3-5-19(15-20)17-24/h3-8,15-16,21H,9-14,18H2,1-2H3. The van der Waals surface area contributed by atoms with Crippen LogP contribution in [-0.4, -0.2) is 64.1 Å². The van der Waals surface area contributed by atoms with E-state index in [0.29, 0.717) is 24.5 Å². The Bertz CT molecular complexity index is 1010. The molecular weight excluding hydrogens is 414 g/mol. The molecule has 0 aliphatic carbocycles. The highest BCUT2D eigenvalue weighted by Gasteiger charge is 2.33. The summed E-state index contributed by atoms with van der Waals surface area (Å²) >= 11 is 0. The maximum Gasteiger partial charge on any atom is 0.243 e. The lowest BCUT2D eigenvalue weighted by molar-refractivity contribution is 0.125. The molecule has 1 heterocycles. The minimum atomic E-state index is -3.67. The van der Waals surface area contributed by atoms with E-state index in [1.165, 1.54) is 7.11 Å². The first-order chi connectivity index (χ1) is 15.0. The van der Waals surface area contributed by atoms with Crippen molar-refractivity contribution in [3.63, 3.8) is 0 Å². The SMILES string of the molecule is COCCN(C1CCN(Cc2cccc(C#N)c2)CC1)S(=O)(=O)c1cccc(OC)c1. The van der Waals surface area contributed by atoms with E-state index in [-0.39, 0.29) is 10.9 Å². The summed E-state index contributed by atoms with van der Waals surface area (Å²) in [7, 11) is -0.570. The van der Waals surface area contributed by atoms with Gasteiger partial charge in [-0.05, 0) is 42.7 Å². The number of likely N-dealkylation sites (tertiary alicyclic amines) is 1. The Morgan fingerprint density at radius 1 is 1.13 bits per heavy atom. The van der Waals surface area contributed by atoms with Gasteiger partial charge in [0, 0.05) is 45.4 Å². The van der Waals surface area contributed by atoms with Gasteiger partial charge < -0.3 is 9.47 Å². The summed E-state index contributed by atoms with van der Waals surface area (Å²) < 4.78 is 38.8. The number of nitriles is 1. The zero-order chi connectivity index (χ0) is 22.3. The Balaban J connectivity index is 1.71. The van der Waals surface area contributed by atoms with E-state index in [9.17, 15) is 8.42 Å². The number of piperidine rings is 1. The molecule has 7 nitrogen and oxygen atoms in total. The van der Waals surface area contributed by atoms with Crippen molar-refractivity contribution in [3.8, 4) is 11.8 Å². The number of benzene rings is 2. The molecule has 0 unspecified atom stereocenters. The van der Waals surface area contributed by atoms with Crippen molar-refractivity contribution >= 4 is 10.0 Å². The van der Waals surface area contributed by atoms with Crippen LogP contribution in [0.5, 0.6) is 5.75 Å². The molecular formula is C23H29N3O4S. The molecule has 1 fully saturated rings. The van der Waals surface area contributed by atoms with Crippen molar-refractivity contribution in [1.29, 1.82) is 5.26 Å². The highest BCUT2D eigenvalue weighted by Crippen LogP contribution is 2.27. The Kier molecular flexibility index (Phi) is 8.04. The van der Waals surface area contributed by atoms with Gasteiger partial charge in [0.05, 0.1) is 30.2 Å². The van der Waals surface area contributed by atoms with Crippen LogP contribution in [0.25, 0.3) is 0 Å². The molecule has 8 heteroatoms. The number of hydrogen-bond donors (Lipinski definition) is 0. The van der Waals surface area contributed by atoms with E-state index in [2.05, 4.69) is 11.0 Å². The molecule has 0 N–H and O–H groups in total. The van der Waals surface area contributed by atoms with Crippen molar-refractivity contribution in [1.82, 2.24) is 9.21 Å². The lowest BCUT2D eigenvalue weighted by Gasteiger charge is -2.37. The number of ether oxygens (including phenoxy) is 2. The van der Waals surface area contributed by atoms with Gasteiger partial charge in [-0.2, -0.15) is 9.57 Å². The maximum absolute atomic E-state index is 13.4. The molecule has 1 saturated heterocycles. The van der Waals surface area contributed by atoms with Crippen molar-refractivity contribution in [3.05, 3.63) is 59.7 Å². The van der Waals surface area contributed by atoms with Crippen LogP contribution >= 0.6 is 0 Å². The third kappa shape index (κ3) is 5.83. The molecule has 0 saturated carbocycles. The average Bonchev–Trinajstić information content (AvgIpc) is 2.80. The zero-order valence-electron chi connectivity index (χ0n) is 18.0. The lowest BCUT2D eigenvalue weighted by Crippen LogP contribution is -2.48. The summed E-state index contributed by atoms with van der Waals surface area (Å²) in [4.78, 5) is 2.54. The lowest BCUT2D eigenvalue weighted by atomic mass is 10.0. The molecule has 166 valence electrons. The normalized spacial score (nSPS) is 15.7. The van der Waals surface area contributed by atoms with Crippen LogP contribution in [0.4, 0.5) is 0 Å². The first-order valence-corrected chi connectivity index (χ1v) is 11.8. The van der Waals surface area contributed by atoms with Gasteiger partial charge in [-0.15, -0.1) is 0 Å². The van der Waals surface area contributed by atoms with E-state index >= 15 is 0 Å². The van der Waals surface area contributed by atoms with E-state index in [0.717, 1.165) is 38.0 Å². The van der Waals surface area contributed by atoms with Gasteiger partial charge in [-0.3, -0.25) is 4.90 Å². The topological polar surface area (TPSA) is 82.9 Å². The van der Waals surface area contributed by atoms with Crippen LogP contribution in [0.1, 0.15) is 24.0 Å². The summed E-state index contributed by atoms with van der Waals surface area (Å²) in [5.74, 6) is 0.516. The first-order valence-electron chi connectivity index (χ1n) is 10.3. The second kappa shape index (κ2) is 10.7. The summed E-state index contributed by atoms with van der Waals surface area (Å²) in [6.45, 7) is 2.98. The summed E-state index contributed by atoms with van der Waals surface area (Å²) in [6, 6.07) is 16.3. The Hall–Kier alpha value is -2.44. The Labute approximate surface area is 184 Å². The van der Waals surface area contributed by atoms with Crippen molar-refractivity contribution in [2.75, 3.05) is 40.5 Å². The van der Waals surface area contributed by atoms with E-state index < -0.39 is 10.0 Å². The van der Waals surface area contributed by atoms with Crippen LogP contribution < -0.4 is 4.74 Å². The van der Waals surface area contributed by atoms with E-state index in [1.807, 2.05) is 18.2 Å². The van der Waals surface area contributed by atoms with Gasteiger partial charge in [-0.1, -0.05) is 18.2 Å². The van der Waals surface area contributed by atoms with Gasteiger partial charge in [0.15, 0.2) is 0 Å². The number of nitrogens with zero attached hydrogens (tertiary/aromatic N) is 3. The Morgan fingerprint density at radius 3 is 2.55 bits per heavy atom. The minimum absolute atomic E-state index is 0.0898. The molecule has 2 aromatic rings. The number of methoxy groups -OCH3 is 2. The van der Waals surface area contributed by atoms with Crippen molar-refractivity contribution < 1.29 is 17.9 Å². The second-order valence-corrected chi connectivity index (χ2v) is 9.50. The fourth-order valence-electron chi connectivity index (χ4n) is 3.94. The van der Waals surface area contributed by atoms with Crippen LogP contribution in [-0.2, 0) is 21.3 Å². The molecule has 2 aromatic carbocycles. The monoisotopic (exact) mass is 443 g/mol. The fraction of sp³-hybridized carbons (Fsp3) is 0.435. The number of sulfonamides is 1. The maximum atomic E-state index is 13.4. The molecule has 0 bridgehead atoms. The van der Waals surface area contributed by atoms with Gasteiger partial charge in [-0.25, -0.2) is 8.42 Å². The zero-order valence-corrected chi connectivity index (χ0v) is 18.8. The molecule has 1 aliphatic heterocycles. The van der Waals surface area contributed by atoms with Crippen LogP contribution in [0.3, 0.4) is 0 Å². The third-order valence-corrected chi connectivity index (χ3v) is 7.54. The van der Waals surface area contributed by atoms with Gasteiger partial charge in [0.2, 0.25) is 10.0 Å². The molecule has 3 rings (SSSR count). The van der Waals surface area contributed by atoms with Gasteiger partial charge in [0.25, 0.3) is 0 Å². The van der Waals surface area contributed by atoms with Crippen LogP contribution in [0, 0.1) is 11.3 Å². The van der Waals surface area contributed by atoms with Crippen LogP contribution in [0.2, 0.25) is 0 Å². The van der Waals surface area contributed by atoms with Gasteiger partial charge >= 0.3 is 0 Å². The molecule has 0 aromatic heterocycles. The first kappa shape index (κ1) is 23.2. The molecule has 0 radical (unpaired) electrons. The predicted octanol–water partition coefficient (Wildman–Crippen LogP) is 2.87. The van der Waals surface area contributed by atoms with E-state index in [1.54, 1.807) is 41.7 Å². The van der Waals surface area contributed by atoms with Crippen LogP contribution in [0.15, 0.2) is 53.4 Å². The summed E-state index contributed by atoms with van der Waals surface area (Å²) in [5, 5.41) is 9.09. The largest absolute Gasteiger partial charge is 0.497 e. The molecule has 0 amide bonds. The molecule has 1 aliphatic rings. The smallest absolute Gasteiger partial charge is 0.243 e. The van der Waals surface area contributed by atoms with Crippen molar-refractivity contribution in [2.45, 2.75) is 30.3 Å². The Morgan fingerprint density at radius 2 is 1.87 bits per heavy atom. The molecule has 31 heavy (non-hydrogen) atoms. The predicted molar refractivity (Wildman–Crippen MR) is 118 cm³/mol. The number of hydrogen-bond acceptors (Lipinski definition) is 6. The quantitative estimate of drug-likeness (QED) is 0.593. The van der Waals surface area contributed by atoms with E-state index in [4.69, 9.17) is 14.7 Å². The molecule has 0 atom stereocenters. The third-order valence-electron chi connectivity index (χ3n) is 5.59. The number of rotatable bonds is 9.